The zero-order valence-electron chi connectivity index (χ0n) is 25.8. The van der Waals surface area contributed by atoms with Gasteiger partial charge in [0, 0.05) is 32.6 Å². The highest BCUT2D eigenvalue weighted by atomic mass is 15.0. The highest BCUT2D eigenvalue weighted by Gasteiger charge is 2.24. The second kappa shape index (κ2) is 9.50. The molecule has 0 N–H and O–H groups in total. The number of aromatic nitrogens is 4. The van der Waals surface area contributed by atoms with Crippen molar-refractivity contribution in [3.05, 3.63) is 158 Å². The maximum Gasteiger partial charge on any atom is 0.165 e. The van der Waals surface area contributed by atoms with E-state index in [9.17, 15) is 0 Å². The number of fused-ring (bicyclic) bond motifs is 11. The molecule has 0 fully saturated rings. The molecule has 0 spiro atoms. The van der Waals surface area contributed by atoms with Gasteiger partial charge in [0.15, 0.2) is 5.65 Å². The van der Waals surface area contributed by atoms with E-state index in [2.05, 4.69) is 142 Å². The Morgan fingerprint density at radius 1 is 0.396 bits per heavy atom. The minimum atomic E-state index is 0.903. The van der Waals surface area contributed by atoms with E-state index < -0.39 is 0 Å². The average molecular weight is 611 g/mol. The minimum Gasteiger partial charge on any atom is -0.309 e. The van der Waals surface area contributed by atoms with Crippen molar-refractivity contribution < 1.29 is 0 Å². The van der Waals surface area contributed by atoms with Crippen LogP contribution in [-0.4, -0.2) is 18.9 Å². The van der Waals surface area contributed by atoms with Crippen LogP contribution in [0.15, 0.2) is 158 Å². The van der Waals surface area contributed by atoms with Gasteiger partial charge >= 0.3 is 0 Å². The molecule has 4 nitrogen and oxygen atoms in total. The van der Waals surface area contributed by atoms with Crippen LogP contribution in [-0.2, 0) is 0 Å². The van der Waals surface area contributed by atoms with Crippen LogP contribution in [0.4, 0.5) is 0 Å². The summed E-state index contributed by atoms with van der Waals surface area (Å²) < 4.78 is 4.79. The van der Waals surface area contributed by atoms with Crippen LogP contribution in [0.1, 0.15) is 0 Å². The Morgan fingerprint density at radius 2 is 1.02 bits per heavy atom. The van der Waals surface area contributed by atoms with E-state index in [1.165, 1.54) is 60.3 Å². The zero-order valence-corrected chi connectivity index (χ0v) is 25.8. The third-order valence-electron chi connectivity index (χ3n) is 10.0. The summed E-state index contributed by atoms with van der Waals surface area (Å²) in [5.41, 5.74) is 14.3. The maximum absolute atomic E-state index is 5.19. The van der Waals surface area contributed by atoms with E-state index in [-0.39, 0.29) is 0 Å². The molecule has 222 valence electrons. The first kappa shape index (κ1) is 25.6. The van der Waals surface area contributed by atoms with Gasteiger partial charge in [-0.3, -0.25) is 4.40 Å². The van der Waals surface area contributed by atoms with Crippen LogP contribution in [0.3, 0.4) is 0 Å². The quantitative estimate of drug-likeness (QED) is 0.199. The largest absolute Gasteiger partial charge is 0.309 e. The predicted molar refractivity (Wildman–Crippen MR) is 199 cm³/mol. The van der Waals surface area contributed by atoms with Crippen LogP contribution in [0.5, 0.6) is 0 Å². The van der Waals surface area contributed by atoms with Crippen LogP contribution in [0.25, 0.3) is 99.1 Å². The van der Waals surface area contributed by atoms with Crippen molar-refractivity contribution in [2.75, 3.05) is 0 Å². The second-order valence-corrected chi connectivity index (χ2v) is 12.6. The number of nitrogens with zero attached hydrogens (tertiary/aromatic N) is 4. The molecule has 11 rings (SSSR count). The van der Waals surface area contributed by atoms with Crippen molar-refractivity contribution in [3.63, 3.8) is 0 Å². The molecule has 0 saturated carbocycles. The Kier molecular flexibility index (Phi) is 5.08. The summed E-state index contributed by atoms with van der Waals surface area (Å²) in [4.78, 5) is 10.3. The van der Waals surface area contributed by atoms with Crippen LogP contribution < -0.4 is 0 Å². The van der Waals surface area contributed by atoms with Gasteiger partial charge in [-0.05, 0) is 64.7 Å². The van der Waals surface area contributed by atoms with Crippen LogP contribution >= 0.6 is 0 Å². The van der Waals surface area contributed by atoms with Gasteiger partial charge in [-0.2, -0.15) is 0 Å². The average Bonchev–Trinajstić information content (AvgIpc) is 3.79. The molecule has 48 heavy (non-hydrogen) atoms. The summed E-state index contributed by atoms with van der Waals surface area (Å²) in [6.45, 7) is 0. The molecule has 7 aromatic carbocycles. The van der Waals surface area contributed by atoms with E-state index >= 15 is 0 Å². The van der Waals surface area contributed by atoms with Crippen LogP contribution in [0.2, 0.25) is 0 Å². The van der Waals surface area contributed by atoms with Crippen molar-refractivity contribution in [3.8, 4) is 27.9 Å². The zero-order chi connectivity index (χ0) is 31.3. The molecule has 0 aliphatic rings. The monoisotopic (exact) mass is 610 g/mol. The first-order valence-electron chi connectivity index (χ1n) is 16.3. The third kappa shape index (κ3) is 3.43. The molecule has 0 radical (unpaired) electrons. The summed E-state index contributed by atoms with van der Waals surface area (Å²) in [6.07, 6.45) is 0. The van der Waals surface area contributed by atoms with Crippen molar-refractivity contribution in [1.82, 2.24) is 18.9 Å². The summed E-state index contributed by atoms with van der Waals surface area (Å²) in [7, 11) is 0. The molecule has 4 heteroatoms. The Hall–Kier alpha value is -6.52. The van der Waals surface area contributed by atoms with Gasteiger partial charge in [-0.1, -0.05) is 115 Å². The molecular weight excluding hydrogens is 585 g/mol. The Morgan fingerprint density at radius 3 is 1.81 bits per heavy atom. The molecule has 4 aromatic heterocycles. The SMILES string of the molecule is c1ccc(-c2cccc(-n3c4cc(-c5ccccc5)ccc4c4c5c6cccc7c8nc9ccccc9nc8n(c5ccc43)c76)c2)cc1. The fraction of sp³-hybridized carbons (Fsp3) is 0. The van der Waals surface area contributed by atoms with Crippen molar-refractivity contribution in [1.29, 1.82) is 0 Å². The Bertz CT molecular complexity index is 3040. The topological polar surface area (TPSA) is 35.1 Å². The van der Waals surface area contributed by atoms with E-state index in [1.54, 1.807) is 0 Å². The molecule has 0 unspecified atom stereocenters. The highest BCUT2D eigenvalue weighted by molar-refractivity contribution is 6.32. The van der Waals surface area contributed by atoms with Gasteiger partial charge in [-0.15, -0.1) is 0 Å². The first-order valence-corrected chi connectivity index (χ1v) is 16.3. The van der Waals surface area contributed by atoms with Gasteiger partial charge < -0.3 is 4.57 Å². The summed E-state index contributed by atoms with van der Waals surface area (Å²) in [5, 5.41) is 6.10. The summed E-state index contributed by atoms with van der Waals surface area (Å²) >= 11 is 0. The molecule has 0 saturated heterocycles. The fourth-order valence-electron chi connectivity index (χ4n) is 7.94. The number of hydrogen-bond donors (Lipinski definition) is 0. The van der Waals surface area contributed by atoms with Crippen molar-refractivity contribution in [2.24, 2.45) is 0 Å². The lowest BCUT2D eigenvalue weighted by Gasteiger charge is -2.11. The number of rotatable bonds is 3. The van der Waals surface area contributed by atoms with Crippen molar-refractivity contribution in [2.45, 2.75) is 0 Å². The van der Waals surface area contributed by atoms with E-state index in [4.69, 9.17) is 9.97 Å². The fourth-order valence-corrected chi connectivity index (χ4v) is 7.94. The molecule has 0 atom stereocenters. The smallest absolute Gasteiger partial charge is 0.165 e. The first-order chi connectivity index (χ1) is 23.8. The van der Waals surface area contributed by atoms with Gasteiger partial charge in [0.2, 0.25) is 0 Å². The van der Waals surface area contributed by atoms with E-state index in [1.807, 2.05) is 24.3 Å². The predicted octanol–water partition coefficient (Wildman–Crippen LogP) is 11.2. The standard InChI is InChI=1S/C44H26N4/c1-3-11-27(12-4-1)29-15-9-16-31(25-29)47-37-23-24-38-41(40(37)32-22-21-30(26-39(32)47)28-13-5-2-6-14-28)33-17-10-18-34-42-44(48(38)43(33)34)46-36-20-8-7-19-35(36)45-42/h1-26H. The second-order valence-electron chi connectivity index (χ2n) is 12.6. The number of para-hydroxylation sites is 3. The lowest BCUT2D eigenvalue weighted by molar-refractivity contribution is 1.18. The maximum atomic E-state index is 5.19. The Labute approximate surface area is 275 Å². The lowest BCUT2D eigenvalue weighted by atomic mass is 10.0. The van der Waals surface area contributed by atoms with Gasteiger partial charge in [-0.25, -0.2) is 9.97 Å². The molecule has 0 aliphatic carbocycles. The highest BCUT2D eigenvalue weighted by Crippen LogP contribution is 2.45. The number of benzene rings is 7. The van der Waals surface area contributed by atoms with Gasteiger partial charge in [0.25, 0.3) is 0 Å². The molecule has 4 heterocycles. The molecular formula is C44H26N4. The van der Waals surface area contributed by atoms with Gasteiger partial charge in [0.05, 0.1) is 33.1 Å². The van der Waals surface area contributed by atoms with Crippen molar-refractivity contribution >= 4 is 71.2 Å². The molecule has 0 amide bonds. The van der Waals surface area contributed by atoms with Gasteiger partial charge in [0.1, 0.15) is 5.52 Å². The molecule has 0 aliphatic heterocycles. The Balaban J connectivity index is 1.29. The lowest BCUT2D eigenvalue weighted by Crippen LogP contribution is -1.95. The number of hydrogen-bond acceptors (Lipinski definition) is 2. The summed E-state index contributed by atoms with van der Waals surface area (Å²) in [5.74, 6) is 0. The third-order valence-corrected chi connectivity index (χ3v) is 10.0. The minimum absolute atomic E-state index is 0.903. The van der Waals surface area contributed by atoms with E-state index in [0.717, 1.165) is 38.8 Å². The van der Waals surface area contributed by atoms with E-state index in [0.29, 0.717) is 0 Å². The van der Waals surface area contributed by atoms with Crippen LogP contribution in [0, 0.1) is 0 Å². The normalized spacial score (nSPS) is 12.2. The molecule has 11 aromatic rings. The summed E-state index contributed by atoms with van der Waals surface area (Å²) in [6, 6.07) is 56.5. The molecule has 0 bridgehead atoms.